The highest BCUT2D eigenvalue weighted by atomic mass is 35.5. The van der Waals surface area contributed by atoms with Crippen molar-refractivity contribution in [3.05, 3.63) is 56.7 Å². The Morgan fingerprint density at radius 3 is 2.89 bits per heavy atom. The number of benzene rings is 1. The summed E-state index contributed by atoms with van der Waals surface area (Å²) in [5.41, 5.74) is 1.80. The lowest BCUT2D eigenvalue weighted by Crippen LogP contribution is -2.16. The van der Waals surface area contributed by atoms with Gasteiger partial charge in [0, 0.05) is 27.0 Å². The Hall–Kier alpha value is -0.910. The number of aromatic nitrogens is 2. The number of nitrogens with zero attached hydrogens (tertiary/aromatic N) is 1. The van der Waals surface area contributed by atoms with Gasteiger partial charge in [-0.3, -0.25) is 4.79 Å². The topological polar surface area (TPSA) is 45.8 Å². The fourth-order valence-electron chi connectivity index (χ4n) is 1.86. The first-order chi connectivity index (χ1) is 9.22. The van der Waals surface area contributed by atoms with Crippen LogP contribution in [0.4, 0.5) is 0 Å². The molecule has 0 amide bonds. The van der Waals surface area contributed by atoms with E-state index in [4.69, 9.17) is 11.6 Å². The molecule has 19 heavy (non-hydrogen) atoms. The molecular weight excluding hydrogens is 300 g/mol. The molecule has 1 aliphatic rings. The largest absolute Gasteiger partial charge is 0.310 e. The third-order valence-electron chi connectivity index (χ3n) is 2.82. The maximum Gasteiger partial charge on any atom is 0.255 e. The maximum atomic E-state index is 11.9. The second-order valence-corrected chi connectivity index (χ2v) is 6.64. The Kier molecular flexibility index (Phi) is 3.86. The van der Waals surface area contributed by atoms with Gasteiger partial charge in [-0.2, -0.15) is 11.8 Å². The van der Waals surface area contributed by atoms with E-state index in [1.54, 1.807) is 23.5 Å². The van der Waals surface area contributed by atoms with Gasteiger partial charge >= 0.3 is 0 Å². The standard InChI is InChI=1S/C13H11ClN2OS2/c14-8-1-3-9(4-2-8)19-7-12-15-11-6-18-5-10(11)13(17)16-12/h1-4H,5-7H2,(H,15,16,17). The molecule has 2 heterocycles. The molecule has 0 atom stereocenters. The lowest BCUT2D eigenvalue weighted by Gasteiger charge is -2.04. The van der Waals surface area contributed by atoms with Gasteiger partial charge in [0.15, 0.2) is 0 Å². The van der Waals surface area contributed by atoms with Crippen molar-refractivity contribution in [3.8, 4) is 0 Å². The molecule has 0 saturated heterocycles. The Balaban J connectivity index is 1.75. The van der Waals surface area contributed by atoms with E-state index in [0.29, 0.717) is 5.75 Å². The molecule has 0 radical (unpaired) electrons. The fourth-order valence-corrected chi connectivity index (χ4v) is 3.80. The van der Waals surface area contributed by atoms with E-state index >= 15 is 0 Å². The van der Waals surface area contributed by atoms with Gasteiger partial charge in [-0.15, -0.1) is 11.8 Å². The predicted molar refractivity (Wildman–Crippen MR) is 80.9 cm³/mol. The minimum atomic E-state index is 0.0155. The second kappa shape index (κ2) is 5.61. The number of rotatable bonds is 3. The van der Waals surface area contributed by atoms with Crippen LogP contribution in [-0.2, 0) is 17.3 Å². The average Bonchev–Trinajstić information content (AvgIpc) is 2.87. The predicted octanol–water partition coefficient (Wildman–Crippen LogP) is 3.46. The molecule has 1 aliphatic heterocycles. The summed E-state index contributed by atoms with van der Waals surface area (Å²) in [6.45, 7) is 0. The molecule has 0 unspecified atom stereocenters. The molecule has 0 spiro atoms. The lowest BCUT2D eigenvalue weighted by atomic mass is 10.3. The lowest BCUT2D eigenvalue weighted by molar-refractivity contribution is 0.943. The number of fused-ring (bicyclic) bond motifs is 1. The summed E-state index contributed by atoms with van der Waals surface area (Å²) >= 11 is 9.22. The number of nitrogens with one attached hydrogen (secondary N) is 1. The van der Waals surface area contributed by atoms with Crippen LogP contribution in [0.1, 0.15) is 17.1 Å². The van der Waals surface area contributed by atoms with Crippen LogP contribution < -0.4 is 5.56 Å². The number of hydrogen-bond acceptors (Lipinski definition) is 4. The van der Waals surface area contributed by atoms with Gasteiger partial charge in [0.25, 0.3) is 5.56 Å². The smallest absolute Gasteiger partial charge is 0.255 e. The van der Waals surface area contributed by atoms with Crippen molar-refractivity contribution in [3.63, 3.8) is 0 Å². The minimum absolute atomic E-state index is 0.0155. The Morgan fingerprint density at radius 1 is 1.32 bits per heavy atom. The summed E-state index contributed by atoms with van der Waals surface area (Å²) < 4.78 is 0. The van der Waals surface area contributed by atoms with E-state index in [1.165, 1.54) is 0 Å². The van der Waals surface area contributed by atoms with E-state index in [9.17, 15) is 4.79 Å². The molecule has 3 rings (SSSR count). The van der Waals surface area contributed by atoms with Crippen LogP contribution in [0, 0.1) is 0 Å². The highest BCUT2D eigenvalue weighted by Crippen LogP contribution is 2.27. The van der Waals surface area contributed by atoms with Crippen molar-refractivity contribution in [1.82, 2.24) is 9.97 Å². The maximum absolute atomic E-state index is 11.9. The van der Waals surface area contributed by atoms with E-state index < -0.39 is 0 Å². The van der Waals surface area contributed by atoms with Crippen LogP contribution in [0.2, 0.25) is 5.02 Å². The normalized spacial score (nSPS) is 13.5. The van der Waals surface area contributed by atoms with Crippen LogP contribution >= 0.6 is 35.1 Å². The number of thioether (sulfide) groups is 2. The molecule has 2 aromatic rings. The average molecular weight is 311 g/mol. The van der Waals surface area contributed by atoms with Crippen molar-refractivity contribution in [2.75, 3.05) is 0 Å². The number of hydrogen-bond donors (Lipinski definition) is 1. The number of aromatic amines is 1. The Bertz CT molecular complexity index is 655. The zero-order valence-electron chi connectivity index (χ0n) is 9.98. The van der Waals surface area contributed by atoms with Crippen LogP contribution in [0.3, 0.4) is 0 Å². The molecule has 1 N–H and O–H groups in total. The molecule has 98 valence electrons. The van der Waals surface area contributed by atoms with Crippen molar-refractivity contribution in [2.24, 2.45) is 0 Å². The molecule has 3 nitrogen and oxygen atoms in total. The van der Waals surface area contributed by atoms with Crippen molar-refractivity contribution >= 4 is 35.1 Å². The summed E-state index contributed by atoms with van der Waals surface area (Å²) in [6, 6.07) is 7.65. The fraction of sp³-hybridized carbons (Fsp3) is 0.231. The van der Waals surface area contributed by atoms with Gasteiger partial charge in [-0.1, -0.05) is 11.6 Å². The third-order valence-corrected chi connectivity index (χ3v) is 5.07. The zero-order chi connectivity index (χ0) is 13.2. The first-order valence-corrected chi connectivity index (χ1v) is 8.31. The van der Waals surface area contributed by atoms with Crippen LogP contribution in [-0.4, -0.2) is 9.97 Å². The summed E-state index contributed by atoms with van der Waals surface area (Å²) in [4.78, 5) is 20.4. The van der Waals surface area contributed by atoms with Gasteiger partial charge in [-0.05, 0) is 24.3 Å². The van der Waals surface area contributed by atoms with Gasteiger partial charge in [0.2, 0.25) is 0 Å². The monoisotopic (exact) mass is 310 g/mol. The Morgan fingerprint density at radius 2 is 2.11 bits per heavy atom. The first kappa shape index (κ1) is 13.1. The number of halogens is 1. The highest BCUT2D eigenvalue weighted by Gasteiger charge is 2.17. The quantitative estimate of drug-likeness (QED) is 0.882. The van der Waals surface area contributed by atoms with Crippen LogP contribution in [0.25, 0.3) is 0 Å². The molecule has 0 fully saturated rings. The van der Waals surface area contributed by atoms with Gasteiger partial charge in [0.05, 0.1) is 11.4 Å². The van der Waals surface area contributed by atoms with Crippen molar-refractivity contribution in [1.29, 1.82) is 0 Å². The molecule has 1 aromatic carbocycles. The van der Waals surface area contributed by atoms with Gasteiger partial charge in [0.1, 0.15) is 5.82 Å². The van der Waals surface area contributed by atoms with Crippen LogP contribution in [0.5, 0.6) is 0 Å². The third kappa shape index (κ3) is 2.99. The van der Waals surface area contributed by atoms with Crippen LogP contribution in [0.15, 0.2) is 34.0 Å². The first-order valence-electron chi connectivity index (χ1n) is 5.79. The van der Waals surface area contributed by atoms with E-state index in [1.807, 2.05) is 24.3 Å². The van der Waals surface area contributed by atoms with E-state index in [2.05, 4.69) is 9.97 Å². The summed E-state index contributed by atoms with van der Waals surface area (Å²) in [5, 5.41) is 0.727. The summed E-state index contributed by atoms with van der Waals surface area (Å²) in [5.74, 6) is 3.03. The second-order valence-electron chi connectivity index (χ2n) is 4.17. The molecular formula is C13H11ClN2OS2. The molecule has 0 bridgehead atoms. The summed E-state index contributed by atoms with van der Waals surface area (Å²) in [6.07, 6.45) is 0. The molecule has 0 aliphatic carbocycles. The van der Waals surface area contributed by atoms with Crippen molar-refractivity contribution in [2.45, 2.75) is 22.2 Å². The highest BCUT2D eigenvalue weighted by molar-refractivity contribution is 7.98. The SMILES string of the molecule is O=c1[nH]c(CSc2ccc(Cl)cc2)nc2c1CSC2. The number of H-pyrrole nitrogens is 1. The van der Waals surface area contributed by atoms with Crippen molar-refractivity contribution < 1.29 is 0 Å². The van der Waals surface area contributed by atoms with E-state index in [0.717, 1.165) is 38.5 Å². The summed E-state index contributed by atoms with van der Waals surface area (Å²) in [7, 11) is 0. The van der Waals surface area contributed by atoms with E-state index in [-0.39, 0.29) is 5.56 Å². The molecule has 0 saturated carbocycles. The molecule has 1 aromatic heterocycles. The minimum Gasteiger partial charge on any atom is -0.310 e. The van der Waals surface area contributed by atoms with Gasteiger partial charge in [-0.25, -0.2) is 4.98 Å². The van der Waals surface area contributed by atoms with Gasteiger partial charge < -0.3 is 4.98 Å². The molecule has 6 heteroatoms. The zero-order valence-corrected chi connectivity index (χ0v) is 12.4. The Labute approximate surface area is 124 Å².